The average molecular weight is 347 g/mol. The van der Waals surface area contributed by atoms with Crippen LogP contribution in [0.2, 0.25) is 5.02 Å². The fraction of sp³-hybridized carbons (Fsp3) is 0.389. The van der Waals surface area contributed by atoms with Crippen molar-refractivity contribution in [3.8, 4) is 0 Å². The van der Waals surface area contributed by atoms with Crippen molar-refractivity contribution in [3.05, 3.63) is 41.4 Å². The number of nitrogens with one attached hydrogen (secondary N) is 1. The number of anilines is 1. The monoisotopic (exact) mass is 346 g/mol. The summed E-state index contributed by atoms with van der Waals surface area (Å²) in [6, 6.07) is 7.01. The van der Waals surface area contributed by atoms with Gasteiger partial charge in [0.15, 0.2) is 0 Å². The minimum Gasteiger partial charge on any atom is -0.325 e. The van der Waals surface area contributed by atoms with Crippen molar-refractivity contribution >= 4 is 35.0 Å². The van der Waals surface area contributed by atoms with Crippen LogP contribution in [0.5, 0.6) is 0 Å². The van der Waals surface area contributed by atoms with Gasteiger partial charge in [0, 0.05) is 13.0 Å². The molecule has 1 aliphatic carbocycles. The second kappa shape index (κ2) is 7.18. The molecule has 0 aromatic heterocycles. The van der Waals surface area contributed by atoms with Crippen LogP contribution in [0, 0.1) is 11.8 Å². The topological polar surface area (TPSA) is 66.5 Å². The molecule has 5 nitrogen and oxygen atoms in total. The van der Waals surface area contributed by atoms with Crippen LogP contribution in [-0.4, -0.2) is 29.2 Å². The zero-order valence-electron chi connectivity index (χ0n) is 13.2. The van der Waals surface area contributed by atoms with Crippen molar-refractivity contribution in [1.29, 1.82) is 0 Å². The molecule has 24 heavy (non-hydrogen) atoms. The minimum atomic E-state index is -0.209. The number of para-hydroxylation sites is 1. The van der Waals surface area contributed by atoms with E-state index < -0.39 is 0 Å². The Balaban J connectivity index is 1.50. The van der Waals surface area contributed by atoms with Crippen LogP contribution >= 0.6 is 11.6 Å². The zero-order valence-corrected chi connectivity index (χ0v) is 14.0. The van der Waals surface area contributed by atoms with Crippen LogP contribution in [0.4, 0.5) is 5.69 Å². The maximum absolute atomic E-state index is 12.3. The predicted molar refractivity (Wildman–Crippen MR) is 91.4 cm³/mol. The highest BCUT2D eigenvalue weighted by Crippen LogP contribution is 2.35. The Morgan fingerprint density at radius 2 is 1.75 bits per heavy atom. The van der Waals surface area contributed by atoms with E-state index >= 15 is 0 Å². The van der Waals surface area contributed by atoms with Crippen molar-refractivity contribution in [2.24, 2.45) is 11.8 Å². The van der Waals surface area contributed by atoms with Gasteiger partial charge in [0.05, 0.1) is 22.5 Å². The first kappa shape index (κ1) is 16.7. The van der Waals surface area contributed by atoms with Gasteiger partial charge in [0.25, 0.3) is 0 Å². The number of carbonyl (C=O) groups is 3. The summed E-state index contributed by atoms with van der Waals surface area (Å²) in [5.74, 6) is -0.790. The Hall–Kier alpha value is -2.14. The van der Waals surface area contributed by atoms with E-state index in [-0.39, 0.29) is 36.0 Å². The predicted octanol–water partition coefficient (Wildman–Crippen LogP) is 3.01. The lowest BCUT2D eigenvalue weighted by molar-refractivity contribution is -0.140. The largest absolute Gasteiger partial charge is 0.325 e. The highest BCUT2D eigenvalue weighted by Gasteiger charge is 2.46. The van der Waals surface area contributed by atoms with Crippen molar-refractivity contribution in [1.82, 2.24) is 4.90 Å². The summed E-state index contributed by atoms with van der Waals surface area (Å²) in [4.78, 5) is 37.9. The lowest BCUT2D eigenvalue weighted by Crippen LogP contribution is -2.32. The number of halogens is 1. The molecule has 0 radical (unpaired) electrons. The van der Waals surface area contributed by atoms with E-state index in [1.165, 1.54) is 4.90 Å². The third-order valence-electron chi connectivity index (χ3n) is 4.53. The number of benzene rings is 1. The van der Waals surface area contributed by atoms with Crippen LogP contribution in [0.15, 0.2) is 36.4 Å². The molecule has 3 amide bonds. The van der Waals surface area contributed by atoms with E-state index in [0.29, 0.717) is 36.5 Å². The Kier molecular flexibility index (Phi) is 5.00. The number of nitrogens with zero attached hydrogens (tertiary/aromatic N) is 1. The van der Waals surface area contributed by atoms with Crippen molar-refractivity contribution < 1.29 is 14.4 Å². The summed E-state index contributed by atoms with van der Waals surface area (Å²) in [6.07, 6.45) is 5.88. The lowest BCUT2D eigenvalue weighted by Gasteiger charge is -2.14. The number of imide groups is 1. The zero-order chi connectivity index (χ0) is 17.1. The van der Waals surface area contributed by atoms with Gasteiger partial charge in [0.1, 0.15) is 0 Å². The van der Waals surface area contributed by atoms with E-state index in [1.807, 2.05) is 12.2 Å². The van der Waals surface area contributed by atoms with Crippen LogP contribution < -0.4 is 5.32 Å². The number of hydrogen-bond acceptors (Lipinski definition) is 3. The van der Waals surface area contributed by atoms with E-state index in [0.717, 1.165) is 0 Å². The third-order valence-corrected chi connectivity index (χ3v) is 4.86. The Labute approximate surface area is 145 Å². The molecule has 1 aromatic rings. The highest BCUT2D eigenvalue weighted by atomic mass is 35.5. The van der Waals surface area contributed by atoms with E-state index in [2.05, 4.69) is 5.32 Å². The lowest BCUT2D eigenvalue weighted by atomic mass is 9.85. The summed E-state index contributed by atoms with van der Waals surface area (Å²) in [7, 11) is 0. The van der Waals surface area contributed by atoms with Crippen LogP contribution in [-0.2, 0) is 14.4 Å². The molecule has 0 spiro atoms. The number of fused-ring (bicyclic) bond motifs is 1. The first-order valence-electron chi connectivity index (χ1n) is 8.12. The molecule has 2 atom stereocenters. The van der Waals surface area contributed by atoms with Gasteiger partial charge in [-0.25, -0.2) is 0 Å². The molecule has 1 saturated heterocycles. The van der Waals surface area contributed by atoms with E-state index in [9.17, 15) is 14.4 Å². The van der Waals surface area contributed by atoms with Crippen LogP contribution in [0.3, 0.4) is 0 Å². The summed E-state index contributed by atoms with van der Waals surface area (Å²) < 4.78 is 0. The molecule has 126 valence electrons. The van der Waals surface area contributed by atoms with Crippen molar-refractivity contribution in [3.63, 3.8) is 0 Å². The molecular weight excluding hydrogens is 328 g/mol. The normalized spacial score (nSPS) is 22.6. The smallest absolute Gasteiger partial charge is 0.233 e. The first-order chi connectivity index (χ1) is 11.6. The van der Waals surface area contributed by atoms with Gasteiger partial charge < -0.3 is 5.32 Å². The summed E-state index contributed by atoms with van der Waals surface area (Å²) >= 11 is 6.00. The van der Waals surface area contributed by atoms with Gasteiger partial charge in [-0.05, 0) is 31.4 Å². The molecule has 1 heterocycles. The molecular formula is C18H19ClN2O3. The summed E-state index contributed by atoms with van der Waals surface area (Å²) in [5.41, 5.74) is 0.564. The molecule has 1 N–H and O–H groups in total. The number of rotatable bonds is 5. The maximum Gasteiger partial charge on any atom is 0.233 e. The third kappa shape index (κ3) is 3.36. The fourth-order valence-electron chi connectivity index (χ4n) is 3.26. The van der Waals surface area contributed by atoms with Crippen molar-refractivity contribution in [2.75, 3.05) is 11.9 Å². The second-order valence-electron chi connectivity index (χ2n) is 6.12. The van der Waals surface area contributed by atoms with Gasteiger partial charge in [-0.1, -0.05) is 35.9 Å². The fourth-order valence-corrected chi connectivity index (χ4v) is 3.45. The number of allylic oxidation sites excluding steroid dienone is 2. The average Bonchev–Trinajstić information content (AvgIpc) is 2.82. The van der Waals surface area contributed by atoms with Gasteiger partial charge >= 0.3 is 0 Å². The minimum absolute atomic E-state index is 0.0964. The first-order valence-corrected chi connectivity index (χ1v) is 8.50. The van der Waals surface area contributed by atoms with E-state index in [4.69, 9.17) is 11.6 Å². The Morgan fingerprint density at radius 3 is 2.38 bits per heavy atom. The molecule has 6 heteroatoms. The molecule has 2 aliphatic rings. The number of hydrogen-bond donors (Lipinski definition) is 1. The Morgan fingerprint density at radius 1 is 1.12 bits per heavy atom. The molecule has 0 unspecified atom stereocenters. The quantitative estimate of drug-likeness (QED) is 0.658. The second-order valence-corrected chi connectivity index (χ2v) is 6.52. The van der Waals surface area contributed by atoms with Gasteiger partial charge in [-0.3, -0.25) is 19.3 Å². The molecule has 1 aromatic carbocycles. The standard InChI is InChI=1S/C18H19ClN2O3/c19-14-8-3-4-9-15(14)20-16(22)10-5-11-21-17(23)12-6-1-2-7-13(12)18(21)24/h1-4,8-9,12-13H,5-7,10-11H2,(H,20,22)/t12-,13+. The SMILES string of the molecule is O=C(CCCN1C(=O)[C@H]2CC=CC[C@H]2C1=O)Nc1ccccc1Cl. The Bertz CT molecular complexity index is 675. The highest BCUT2D eigenvalue weighted by molar-refractivity contribution is 6.33. The van der Waals surface area contributed by atoms with Gasteiger partial charge in [-0.15, -0.1) is 0 Å². The van der Waals surface area contributed by atoms with Crippen LogP contribution in [0.1, 0.15) is 25.7 Å². The summed E-state index contributed by atoms with van der Waals surface area (Å²) in [5, 5.41) is 3.22. The molecule has 0 saturated carbocycles. The molecule has 3 rings (SSSR count). The number of carbonyl (C=O) groups excluding carboxylic acids is 3. The molecule has 1 aliphatic heterocycles. The molecule has 0 bridgehead atoms. The number of likely N-dealkylation sites (tertiary alicyclic amines) is 1. The van der Waals surface area contributed by atoms with Gasteiger partial charge in [-0.2, -0.15) is 0 Å². The maximum atomic E-state index is 12.3. The number of amides is 3. The summed E-state index contributed by atoms with van der Waals surface area (Å²) in [6.45, 7) is 0.292. The van der Waals surface area contributed by atoms with Gasteiger partial charge in [0.2, 0.25) is 17.7 Å². The van der Waals surface area contributed by atoms with Crippen molar-refractivity contribution in [2.45, 2.75) is 25.7 Å². The van der Waals surface area contributed by atoms with E-state index in [1.54, 1.807) is 24.3 Å². The molecule has 1 fully saturated rings. The van der Waals surface area contributed by atoms with Crippen LogP contribution in [0.25, 0.3) is 0 Å².